The van der Waals surface area contributed by atoms with E-state index in [1.165, 1.54) is 4.90 Å². The second kappa shape index (κ2) is 4.38. The van der Waals surface area contributed by atoms with Crippen LogP contribution in [-0.2, 0) is 9.59 Å². The van der Waals surface area contributed by atoms with Gasteiger partial charge in [-0.05, 0) is 0 Å². The maximum Gasteiger partial charge on any atom is 0.327 e. The number of carboxylic acids is 1. The molecule has 2 unspecified atom stereocenters. The molecule has 76 valence electrons. The Morgan fingerprint density at radius 3 is 2.86 bits per heavy atom. The maximum absolute atomic E-state index is 11.4. The molecule has 1 aliphatic heterocycles. The summed E-state index contributed by atoms with van der Waals surface area (Å²) in [5, 5.41) is 8.77. The molecule has 2 atom stereocenters. The number of hydrogen-bond donors (Lipinski definition) is 2. The summed E-state index contributed by atoms with van der Waals surface area (Å²) >= 11 is 4.14. The number of nitrogens with zero attached hydrogens (tertiary/aromatic N) is 1. The first kappa shape index (κ1) is 10.9. The van der Waals surface area contributed by atoms with Crippen molar-refractivity contribution in [2.24, 2.45) is 0 Å². The van der Waals surface area contributed by atoms with Crippen LogP contribution in [0.25, 0.3) is 0 Å². The fourth-order valence-corrected chi connectivity index (χ4v) is 1.79. The molecule has 1 rings (SSSR count). The number of likely N-dealkylation sites (tertiary alicyclic amines) is 1. The SMILES string of the molecule is C#CCC(C(=O)O)N1CC(S)CC1=O. The molecule has 0 saturated carbocycles. The Hall–Kier alpha value is -1.15. The summed E-state index contributed by atoms with van der Waals surface area (Å²) in [4.78, 5) is 23.5. The van der Waals surface area contributed by atoms with Crippen LogP contribution in [0.15, 0.2) is 0 Å². The Labute approximate surface area is 87.7 Å². The largest absolute Gasteiger partial charge is 0.480 e. The van der Waals surface area contributed by atoms with Crippen molar-refractivity contribution in [3.8, 4) is 12.3 Å². The summed E-state index contributed by atoms with van der Waals surface area (Å²) in [5.74, 6) is 1.02. The highest BCUT2D eigenvalue weighted by atomic mass is 32.1. The van der Waals surface area contributed by atoms with Gasteiger partial charge in [-0.15, -0.1) is 12.3 Å². The van der Waals surface area contributed by atoms with Gasteiger partial charge in [-0.1, -0.05) is 0 Å². The topological polar surface area (TPSA) is 57.6 Å². The van der Waals surface area contributed by atoms with Gasteiger partial charge in [0.25, 0.3) is 0 Å². The Bertz CT molecular complexity index is 297. The predicted molar refractivity (Wildman–Crippen MR) is 54.0 cm³/mol. The lowest BCUT2D eigenvalue weighted by Crippen LogP contribution is -2.42. The first-order valence-corrected chi connectivity index (χ1v) is 4.71. The molecule has 1 aliphatic rings. The third-order valence-electron chi connectivity index (χ3n) is 2.11. The molecule has 1 saturated heterocycles. The van der Waals surface area contributed by atoms with Gasteiger partial charge in [-0.3, -0.25) is 4.79 Å². The third-order valence-corrected chi connectivity index (χ3v) is 2.46. The number of rotatable bonds is 3. The Balaban J connectivity index is 2.74. The van der Waals surface area contributed by atoms with E-state index in [1.807, 2.05) is 0 Å². The molecule has 0 aromatic rings. The Morgan fingerprint density at radius 1 is 1.86 bits per heavy atom. The van der Waals surface area contributed by atoms with Crippen molar-refractivity contribution >= 4 is 24.5 Å². The van der Waals surface area contributed by atoms with Crippen LogP contribution >= 0.6 is 12.6 Å². The maximum atomic E-state index is 11.4. The average Bonchev–Trinajstić information content (AvgIpc) is 2.40. The number of thiol groups is 1. The molecular formula is C9H11NO3S. The van der Waals surface area contributed by atoms with E-state index in [9.17, 15) is 9.59 Å². The van der Waals surface area contributed by atoms with E-state index in [2.05, 4.69) is 18.5 Å². The van der Waals surface area contributed by atoms with Gasteiger partial charge in [0.05, 0.1) is 0 Å². The van der Waals surface area contributed by atoms with E-state index in [0.717, 1.165) is 0 Å². The zero-order valence-corrected chi connectivity index (χ0v) is 8.41. The van der Waals surface area contributed by atoms with Gasteiger partial charge in [0.1, 0.15) is 6.04 Å². The summed E-state index contributed by atoms with van der Waals surface area (Å²) in [6.45, 7) is 0.362. The second-order valence-electron chi connectivity index (χ2n) is 3.17. The van der Waals surface area contributed by atoms with Crippen LogP contribution in [0.5, 0.6) is 0 Å². The lowest BCUT2D eigenvalue weighted by atomic mass is 10.2. The lowest BCUT2D eigenvalue weighted by molar-refractivity contribution is -0.148. The minimum Gasteiger partial charge on any atom is -0.480 e. The van der Waals surface area contributed by atoms with Gasteiger partial charge in [0.2, 0.25) is 5.91 Å². The first-order valence-electron chi connectivity index (χ1n) is 4.20. The molecule has 4 nitrogen and oxygen atoms in total. The summed E-state index contributed by atoms with van der Waals surface area (Å²) in [7, 11) is 0. The molecule has 14 heavy (non-hydrogen) atoms. The van der Waals surface area contributed by atoms with Crippen LogP contribution in [0.1, 0.15) is 12.8 Å². The fraction of sp³-hybridized carbons (Fsp3) is 0.556. The van der Waals surface area contributed by atoms with E-state index in [-0.39, 0.29) is 24.0 Å². The first-order chi connectivity index (χ1) is 6.56. The van der Waals surface area contributed by atoms with Crippen LogP contribution in [0, 0.1) is 12.3 Å². The molecule has 0 radical (unpaired) electrons. The van der Waals surface area contributed by atoms with Gasteiger partial charge in [-0.25, -0.2) is 4.79 Å². The molecule has 0 aliphatic carbocycles. The highest BCUT2D eigenvalue weighted by Gasteiger charge is 2.35. The van der Waals surface area contributed by atoms with Crippen LogP contribution < -0.4 is 0 Å². The number of carbonyl (C=O) groups is 2. The van der Waals surface area contributed by atoms with Gasteiger partial charge in [0, 0.05) is 24.6 Å². The summed E-state index contributed by atoms with van der Waals surface area (Å²) in [5.41, 5.74) is 0. The van der Waals surface area contributed by atoms with E-state index >= 15 is 0 Å². The smallest absolute Gasteiger partial charge is 0.327 e. The fourth-order valence-electron chi connectivity index (χ4n) is 1.46. The quantitative estimate of drug-likeness (QED) is 0.512. The van der Waals surface area contributed by atoms with E-state index in [4.69, 9.17) is 11.5 Å². The van der Waals surface area contributed by atoms with Gasteiger partial charge >= 0.3 is 5.97 Å². The molecule has 1 amide bonds. The molecule has 1 heterocycles. The van der Waals surface area contributed by atoms with Gasteiger partial charge in [-0.2, -0.15) is 12.6 Å². The average molecular weight is 213 g/mol. The third kappa shape index (κ3) is 2.20. The molecule has 0 spiro atoms. The summed E-state index contributed by atoms with van der Waals surface area (Å²) in [6, 6.07) is -0.898. The van der Waals surface area contributed by atoms with Crippen molar-refractivity contribution in [2.75, 3.05) is 6.54 Å². The number of hydrogen-bond acceptors (Lipinski definition) is 3. The van der Waals surface area contributed by atoms with E-state index in [1.54, 1.807) is 0 Å². The number of carboxylic acid groups (broad SMARTS) is 1. The Kier molecular flexibility index (Phi) is 3.42. The second-order valence-corrected chi connectivity index (χ2v) is 3.90. The van der Waals surface area contributed by atoms with Gasteiger partial charge in [0.15, 0.2) is 0 Å². The van der Waals surface area contributed by atoms with Crippen LogP contribution in [0.3, 0.4) is 0 Å². The molecule has 1 fully saturated rings. The van der Waals surface area contributed by atoms with E-state index in [0.29, 0.717) is 6.54 Å². The zero-order valence-electron chi connectivity index (χ0n) is 7.51. The molecular weight excluding hydrogens is 202 g/mol. The van der Waals surface area contributed by atoms with Crippen LogP contribution in [0.2, 0.25) is 0 Å². The summed E-state index contributed by atoms with van der Waals surface area (Å²) < 4.78 is 0. The monoisotopic (exact) mass is 213 g/mol. The molecule has 1 N–H and O–H groups in total. The molecule has 5 heteroatoms. The van der Waals surface area contributed by atoms with Crippen molar-refractivity contribution in [3.63, 3.8) is 0 Å². The van der Waals surface area contributed by atoms with Crippen molar-refractivity contribution in [2.45, 2.75) is 24.1 Å². The number of amides is 1. The van der Waals surface area contributed by atoms with Crippen molar-refractivity contribution < 1.29 is 14.7 Å². The van der Waals surface area contributed by atoms with Crippen LogP contribution in [0.4, 0.5) is 0 Å². The van der Waals surface area contributed by atoms with Gasteiger partial charge < -0.3 is 10.0 Å². The number of carbonyl (C=O) groups excluding carboxylic acids is 1. The molecule has 0 aromatic carbocycles. The zero-order chi connectivity index (χ0) is 10.7. The van der Waals surface area contributed by atoms with E-state index < -0.39 is 12.0 Å². The lowest BCUT2D eigenvalue weighted by Gasteiger charge is -2.22. The standard InChI is InChI=1S/C9H11NO3S/c1-2-3-7(9(12)13)10-5-6(14)4-8(10)11/h1,6-7,14H,3-5H2,(H,12,13). The number of terminal acetylenes is 1. The van der Waals surface area contributed by atoms with Crippen molar-refractivity contribution in [1.82, 2.24) is 4.90 Å². The molecule has 0 bridgehead atoms. The minimum absolute atomic E-state index is 0.0432. The Morgan fingerprint density at radius 2 is 2.50 bits per heavy atom. The number of aliphatic carboxylic acids is 1. The van der Waals surface area contributed by atoms with Crippen molar-refractivity contribution in [1.29, 1.82) is 0 Å². The highest BCUT2D eigenvalue weighted by Crippen LogP contribution is 2.19. The van der Waals surface area contributed by atoms with Crippen LogP contribution in [-0.4, -0.2) is 39.7 Å². The normalized spacial score (nSPS) is 23.3. The predicted octanol–water partition coefficient (Wildman–Crippen LogP) is -0.00640. The minimum atomic E-state index is -1.06. The van der Waals surface area contributed by atoms with Crippen molar-refractivity contribution in [3.05, 3.63) is 0 Å². The molecule has 0 aromatic heterocycles. The highest BCUT2D eigenvalue weighted by molar-refractivity contribution is 7.81. The summed E-state index contributed by atoms with van der Waals surface area (Å²) in [6.07, 6.45) is 5.38.